The van der Waals surface area contributed by atoms with Crippen LogP contribution in [-0.4, -0.2) is 68.1 Å². The average molecular weight is 384 g/mol. The molecule has 1 heterocycles. The number of rotatable bonds is 3. The first kappa shape index (κ1) is 20.2. The summed E-state index contributed by atoms with van der Waals surface area (Å²) in [4.78, 5) is 25.9. The van der Waals surface area contributed by atoms with E-state index < -0.39 is 33.7 Å². The minimum atomic E-state index is -3.77. The molecule has 0 bridgehead atoms. The smallest absolute Gasteiger partial charge is 0.411 e. The van der Waals surface area contributed by atoms with Crippen molar-refractivity contribution in [1.29, 1.82) is 0 Å². The Kier molecular flexibility index (Phi) is 5.92. The van der Waals surface area contributed by atoms with Crippen molar-refractivity contribution >= 4 is 22.1 Å². The first-order valence-corrected chi connectivity index (χ1v) is 9.63. The van der Waals surface area contributed by atoms with E-state index in [2.05, 4.69) is 0 Å². The lowest BCUT2D eigenvalue weighted by molar-refractivity contribution is -0.148. The van der Waals surface area contributed by atoms with E-state index in [1.807, 2.05) is 0 Å². The van der Waals surface area contributed by atoms with Crippen molar-refractivity contribution in [3.8, 4) is 0 Å². The molecule has 1 aliphatic rings. The fourth-order valence-corrected chi connectivity index (χ4v) is 4.05. The van der Waals surface area contributed by atoms with Crippen LogP contribution in [0, 0.1) is 0 Å². The van der Waals surface area contributed by atoms with Crippen molar-refractivity contribution in [2.75, 3.05) is 26.7 Å². The molecule has 0 N–H and O–H groups in total. The van der Waals surface area contributed by atoms with E-state index in [1.54, 1.807) is 39.0 Å². The Morgan fingerprint density at radius 3 is 2.27 bits per heavy atom. The molecule has 1 saturated heterocycles. The summed E-state index contributed by atoms with van der Waals surface area (Å²) in [5, 5.41) is 0. The van der Waals surface area contributed by atoms with E-state index in [1.165, 1.54) is 28.4 Å². The van der Waals surface area contributed by atoms with Gasteiger partial charge >= 0.3 is 12.1 Å². The van der Waals surface area contributed by atoms with Crippen molar-refractivity contribution in [3.05, 3.63) is 30.3 Å². The second kappa shape index (κ2) is 7.63. The largest absolute Gasteiger partial charge is 0.467 e. The molecule has 144 valence electrons. The Balaban J connectivity index is 2.25. The van der Waals surface area contributed by atoms with Gasteiger partial charge in [-0.1, -0.05) is 18.2 Å². The molecular weight excluding hydrogens is 360 g/mol. The summed E-state index contributed by atoms with van der Waals surface area (Å²) in [6.45, 7) is 5.05. The van der Waals surface area contributed by atoms with Gasteiger partial charge in [-0.05, 0) is 32.9 Å². The predicted octanol–water partition coefficient (Wildman–Crippen LogP) is 1.47. The SMILES string of the molecule is COC(=O)C1CN(S(=O)(=O)c2ccccc2)CCN1C(=O)OC(C)(C)C. The van der Waals surface area contributed by atoms with E-state index in [4.69, 9.17) is 9.47 Å². The van der Waals surface area contributed by atoms with E-state index in [0.717, 1.165) is 0 Å². The first-order valence-electron chi connectivity index (χ1n) is 8.19. The van der Waals surface area contributed by atoms with Gasteiger partial charge in [0.1, 0.15) is 11.6 Å². The zero-order chi connectivity index (χ0) is 19.5. The van der Waals surface area contributed by atoms with Crippen molar-refractivity contribution < 1.29 is 27.5 Å². The number of methoxy groups -OCH3 is 1. The van der Waals surface area contributed by atoms with Crippen LogP contribution in [0.2, 0.25) is 0 Å². The fourth-order valence-electron chi connectivity index (χ4n) is 2.59. The molecule has 1 aromatic rings. The molecule has 0 saturated carbocycles. The average Bonchev–Trinajstić information content (AvgIpc) is 2.59. The predicted molar refractivity (Wildman–Crippen MR) is 93.9 cm³/mol. The van der Waals surface area contributed by atoms with Gasteiger partial charge < -0.3 is 9.47 Å². The molecule has 1 aromatic carbocycles. The minimum Gasteiger partial charge on any atom is -0.467 e. The number of amides is 1. The number of hydrogen-bond donors (Lipinski definition) is 0. The van der Waals surface area contributed by atoms with E-state index in [9.17, 15) is 18.0 Å². The zero-order valence-corrected chi connectivity index (χ0v) is 16.2. The van der Waals surface area contributed by atoms with Crippen LogP contribution in [0.25, 0.3) is 0 Å². The number of benzene rings is 1. The minimum absolute atomic E-state index is 0.0285. The van der Waals surface area contributed by atoms with E-state index in [0.29, 0.717) is 0 Å². The Bertz CT molecular complexity index is 757. The van der Waals surface area contributed by atoms with Gasteiger partial charge in [0.15, 0.2) is 0 Å². The van der Waals surface area contributed by atoms with Gasteiger partial charge in [0.05, 0.1) is 12.0 Å². The standard InChI is InChI=1S/C17H24N2O6S/c1-17(2,3)25-16(21)19-11-10-18(12-14(19)15(20)24-4)26(22,23)13-8-6-5-7-9-13/h5-9,14H,10-12H2,1-4H3. The summed E-state index contributed by atoms with van der Waals surface area (Å²) in [6.07, 6.45) is -0.676. The number of esters is 1. The van der Waals surface area contributed by atoms with Crippen LogP contribution in [0.5, 0.6) is 0 Å². The molecule has 0 aliphatic carbocycles. The third kappa shape index (κ3) is 4.53. The van der Waals surface area contributed by atoms with Crippen LogP contribution in [0.3, 0.4) is 0 Å². The monoisotopic (exact) mass is 384 g/mol. The van der Waals surface area contributed by atoms with Gasteiger partial charge in [0, 0.05) is 19.6 Å². The quantitative estimate of drug-likeness (QED) is 0.733. The highest BCUT2D eigenvalue weighted by Gasteiger charge is 2.41. The van der Waals surface area contributed by atoms with Crippen LogP contribution in [0.4, 0.5) is 4.79 Å². The van der Waals surface area contributed by atoms with Crippen molar-refractivity contribution in [1.82, 2.24) is 9.21 Å². The lowest BCUT2D eigenvalue weighted by Gasteiger charge is -2.39. The molecule has 1 aliphatic heterocycles. The van der Waals surface area contributed by atoms with Crippen LogP contribution in [0.1, 0.15) is 20.8 Å². The number of piperazine rings is 1. The number of carbonyl (C=O) groups is 2. The molecule has 2 rings (SSSR count). The highest BCUT2D eigenvalue weighted by atomic mass is 32.2. The summed E-state index contributed by atoms with van der Waals surface area (Å²) in [7, 11) is -2.58. The molecule has 1 fully saturated rings. The van der Waals surface area contributed by atoms with Gasteiger partial charge in [-0.2, -0.15) is 4.31 Å². The lowest BCUT2D eigenvalue weighted by atomic mass is 10.2. The lowest BCUT2D eigenvalue weighted by Crippen LogP contribution is -2.60. The molecule has 9 heteroatoms. The second-order valence-electron chi connectivity index (χ2n) is 6.89. The maximum absolute atomic E-state index is 12.8. The molecule has 0 radical (unpaired) electrons. The Labute approximate surface area is 153 Å². The Morgan fingerprint density at radius 2 is 1.73 bits per heavy atom. The Hall–Kier alpha value is -2.13. The summed E-state index contributed by atoms with van der Waals surface area (Å²) < 4.78 is 36.8. The number of ether oxygens (including phenoxy) is 2. The maximum atomic E-state index is 12.8. The van der Waals surface area contributed by atoms with Crippen molar-refractivity contribution in [3.63, 3.8) is 0 Å². The summed E-state index contributed by atoms with van der Waals surface area (Å²) in [6, 6.07) is 6.88. The Morgan fingerprint density at radius 1 is 1.12 bits per heavy atom. The van der Waals surface area contributed by atoms with Gasteiger partial charge in [-0.3, -0.25) is 4.90 Å². The normalized spacial score (nSPS) is 19.1. The first-order chi connectivity index (χ1) is 12.1. The topological polar surface area (TPSA) is 93.2 Å². The van der Waals surface area contributed by atoms with Gasteiger partial charge in [0.2, 0.25) is 10.0 Å². The maximum Gasteiger partial charge on any atom is 0.411 e. The summed E-state index contributed by atoms with van der Waals surface area (Å²) in [5.41, 5.74) is -0.731. The van der Waals surface area contributed by atoms with Gasteiger partial charge in [0.25, 0.3) is 0 Å². The highest BCUT2D eigenvalue weighted by Crippen LogP contribution is 2.22. The van der Waals surface area contributed by atoms with Crippen LogP contribution in [-0.2, 0) is 24.3 Å². The van der Waals surface area contributed by atoms with Crippen LogP contribution >= 0.6 is 0 Å². The number of carbonyl (C=O) groups excluding carboxylic acids is 2. The van der Waals surface area contributed by atoms with Gasteiger partial charge in [-0.25, -0.2) is 18.0 Å². The van der Waals surface area contributed by atoms with Crippen molar-refractivity contribution in [2.45, 2.75) is 37.3 Å². The number of nitrogens with zero attached hydrogens (tertiary/aromatic N) is 2. The molecule has 1 unspecified atom stereocenters. The summed E-state index contributed by atoms with van der Waals surface area (Å²) in [5.74, 6) is -0.691. The third-order valence-corrected chi connectivity index (χ3v) is 5.70. The molecule has 1 atom stereocenters. The highest BCUT2D eigenvalue weighted by molar-refractivity contribution is 7.89. The molecule has 1 amide bonds. The zero-order valence-electron chi connectivity index (χ0n) is 15.3. The third-order valence-electron chi connectivity index (χ3n) is 3.83. The molecule has 0 spiro atoms. The van der Waals surface area contributed by atoms with Crippen LogP contribution in [0.15, 0.2) is 35.2 Å². The van der Waals surface area contributed by atoms with Crippen molar-refractivity contribution in [2.24, 2.45) is 0 Å². The van der Waals surface area contributed by atoms with E-state index >= 15 is 0 Å². The van der Waals surface area contributed by atoms with Gasteiger partial charge in [-0.15, -0.1) is 0 Å². The summed E-state index contributed by atoms with van der Waals surface area (Å²) >= 11 is 0. The van der Waals surface area contributed by atoms with Crippen LogP contribution < -0.4 is 0 Å². The molecule has 26 heavy (non-hydrogen) atoms. The molecule has 0 aromatic heterocycles. The fraction of sp³-hybridized carbons (Fsp3) is 0.529. The number of sulfonamides is 1. The van der Waals surface area contributed by atoms with E-state index in [-0.39, 0.29) is 24.5 Å². The molecular formula is C17H24N2O6S. The molecule has 8 nitrogen and oxygen atoms in total. The second-order valence-corrected chi connectivity index (χ2v) is 8.83. The number of hydrogen-bond acceptors (Lipinski definition) is 6.